The van der Waals surface area contributed by atoms with Gasteiger partial charge >= 0.3 is 12.0 Å². The van der Waals surface area contributed by atoms with Gasteiger partial charge in [0.1, 0.15) is 6.04 Å². The number of hydrogen-bond acceptors (Lipinski definition) is 3. The van der Waals surface area contributed by atoms with Crippen molar-refractivity contribution in [2.75, 3.05) is 20.2 Å². The molecule has 6 nitrogen and oxygen atoms in total. The fraction of sp³-hybridized carbons (Fsp3) is 0.867. The molecular weight excluding hydrogens is 272 g/mol. The zero-order valence-corrected chi connectivity index (χ0v) is 12.7. The first-order chi connectivity index (χ1) is 10.1. The Bertz CT molecular complexity index is 369. The lowest BCUT2D eigenvalue weighted by molar-refractivity contribution is -0.141. The molecule has 2 N–H and O–H groups in total. The van der Waals surface area contributed by atoms with Crippen molar-refractivity contribution >= 4 is 12.0 Å². The second-order valence-electron chi connectivity index (χ2n) is 6.12. The van der Waals surface area contributed by atoms with E-state index in [0.29, 0.717) is 25.4 Å². The lowest BCUT2D eigenvalue weighted by Crippen LogP contribution is -2.46. The van der Waals surface area contributed by atoms with Crippen molar-refractivity contribution in [1.29, 1.82) is 0 Å². The molecule has 2 rings (SSSR count). The first-order valence-electron chi connectivity index (χ1n) is 7.92. The van der Waals surface area contributed by atoms with Crippen LogP contribution in [0.1, 0.15) is 44.9 Å². The van der Waals surface area contributed by atoms with E-state index in [0.717, 1.165) is 6.42 Å². The number of carboxylic acids is 1. The van der Waals surface area contributed by atoms with E-state index in [4.69, 9.17) is 4.74 Å². The SMILES string of the molecule is COC1CC(C(=O)O)N(C(=O)NCCC2CCCCC2)C1. The smallest absolute Gasteiger partial charge is 0.326 e. The van der Waals surface area contributed by atoms with Crippen molar-refractivity contribution in [2.24, 2.45) is 5.92 Å². The Morgan fingerprint density at radius 3 is 2.62 bits per heavy atom. The summed E-state index contributed by atoms with van der Waals surface area (Å²) in [6.07, 6.45) is 7.59. The molecule has 1 saturated carbocycles. The molecule has 2 aliphatic rings. The highest BCUT2D eigenvalue weighted by molar-refractivity contribution is 5.83. The van der Waals surface area contributed by atoms with Gasteiger partial charge < -0.3 is 20.1 Å². The Kier molecular flexibility index (Phi) is 5.85. The van der Waals surface area contributed by atoms with Gasteiger partial charge in [-0.2, -0.15) is 0 Å². The third-order valence-electron chi connectivity index (χ3n) is 4.70. The molecule has 0 spiro atoms. The van der Waals surface area contributed by atoms with E-state index in [2.05, 4.69) is 5.32 Å². The van der Waals surface area contributed by atoms with E-state index in [1.165, 1.54) is 37.0 Å². The number of carboxylic acid groups (broad SMARTS) is 1. The van der Waals surface area contributed by atoms with E-state index in [9.17, 15) is 14.7 Å². The number of hydrogen-bond donors (Lipinski definition) is 2. The standard InChI is InChI=1S/C15H26N2O4/c1-21-12-9-13(14(18)19)17(10-12)15(20)16-8-7-11-5-3-2-4-6-11/h11-13H,2-10H2,1H3,(H,16,20)(H,18,19). The van der Waals surface area contributed by atoms with Crippen molar-refractivity contribution in [2.45, 2.75) is 57.1 Å². The van der Waals surface area contributed by atoms with Crippen LogP contribution in [0.15, 0.2) is 0 Å². The van der Waals surface area contributed by atoms with Gasteiger partial charge in [0.2, 0.25) is 0 Å². The molecule has 6 heteroatoms. The first kappa shape index (κ1) is 16.1. The van der Waals surface area contributed by atoms with Crippen LogP contribution in [0.2, 0.25) is 0 Å². The van der Waals surface area contributed by atoms with Crippen LogP contribution < -0.4 is 5.32 Å². The highest BCUT2D eigenvalue weighted by atomic mass is 16.5. The molecule has 1 aliphatic heterocycles. The van der Waals surface area contributed by atoms with Crippen molar-refractivity contribution in [3.8, 4) is 0 Å². The van der Waals surface area contributed by atoms with Crippen LogP contribution in [0.25, 0.3) is 0 Å². The summed E-state index contributed by atoms with van der Waals surface area (Å²) in [7, 11) is 1.55. The minimum atomic E-state index is -0.961. The summed E-state index contributed by atoms with van der Waals surface area (Å²) in [5, 5.41) is 12.1. The number of aliphatic carboxylic acids is 1. The molecule has 1 saturated heterocycles. The fourth-order valence-corrected chi connectivity index (χ4v) is 3.39. The summed E-state index contributed by atoms with van der Waals surface area (Å²) in [4.78, 5) is 24.8. The molecule has 2 atom stereocenters. The molecule has 1 aliphatic carbocycles. The molecule has 0 aromatic heterocycles. The third kappa shape index (κ3) is 4.33. The Morgan fingerprint density at radius 2 is 2.00 bits per heavy atom. The first-order valence-corrected chi connectivity index (χ1v) is 7.92. The van der Waals surface area contributed by atoms with Gasteiger partial charge in [-0.3, -0.25) is 0 Å². The maximum Gasteiger partial charge on any atom is 0.326 e. The van der Waals surface area contributed by atoms with Crippen LogP contribution in [0.5, 0.6) is 0 Å². The van der Waals surface area contributed by atoms with Gasteiger partial charge in [0.15, 0.2) is 0 Å². The Labute approximate surface area is 125 Å². The number of urea groups is 1. The van der Waals surface area contributed by atoms with E-state index in [1.807, 2.05) is 0 Å². The summed E-state index contributed by atoms with van der Waals surface area (Å²) >= 11 is 0. The monoisotopic (exact) mass is 298 g/mol. The van der Waals surface area contributed by atoms with Gasteiger partial charge in [-0.1, -0.05) is 32.1 Å². The third-order valence-corrected chi connectivity index (χ3v) is 4.70. The van der Waals surface area contributed by atoms with E-state index >= 15 is 0 Å². The average Bonchev–Trinajstić information content (AvgIpc) is 2.93. The summed E-state index contributed by atoms with van der Waals surface area (Å²) in [5.74, 6) is -0.253. The highest BCUT2D eigenvalue weighted by Crippen LogP contribution is 2.26. The number of likely N-dealkylation sites (tertiary alicyclic amines) is 1. The molecule has 2 amide bonds. The van der Waals surface area contributed by atoms with Crippen LogP contribution >= 0.6 is 0 Å². The summed E-state index contributed by atoms with van der Waals surface area (Å²) in [6.45, 7) is 0.979. The van der Waals surface area contributed by atoms with Crippen molar-refractivity contribution in [1.82, 2.24) is 10.2 Å². The van der Waals surface area contributed by atoms with Gasteiger partial charge in [0, 0.05) is 26.6 Å². The minimum absolute atomic E-state index is 0.185. The van der Waals surface area contributed by atoms with Crippen molar-refractivity contribution in [3.63, 3.8) is 0 Å². The van der Waals surface area contributed by atoms with Crippen LogP contribution in [-0.2, 0) is 9.53 Å². The van der Waals surface area contributed by atoms with Crippen LogP contribution in [0.4, 0.5) is 4.79 Å². The Morgan fingerprint density at radius 1 is 1.29 bits per heavy atom. The Balaban J connectivity index is 1.77. The highest BCUT2D eigenvalue weighted by Gasteiger charge is 2.39. The number of ether oxygens (including phenoxy) is 1. The molecule has 1 heterocycles. The van der Waals surface area contributed by atoms with Gasteiger partial charge in [-0.05, 0) is 12.3 Å². The normalized spacial score (nSPS) is 26.8. The van der Waals surface area contributed by atoms with Gasteiger partial charge in [0.05, 0.1) is 6.10 Å². The van der Waals surface area contributed by atoms with Gasteiger partial charge in [-0.25, -0.2) is 9.59 Å². The number of amides is 2. The number of carbonyl (C=O) groups is 2. The summed E-state index contributed by atoms with van der Waals surface area (Å²) in [6, 6.07) is -1.05. The number of nitrogens with zero attached hydrogens (tertiary/aromatic N) is 1. The quantitative estimate of drug-likeness (QED) is 0.811. The molecule has 120 valence electrons. The maximum absolute atomic E-state index is 12.2. The minimum Gasteiger partial charge on any atom is -0.480 e. The predicted molar refractivity (Wildman–Crippen MR) is 78.1 cm³/mol. The lowest BCUT2D eigenvalue weighted by Gasteiger charge is -2.24. The van der Waals surface area contributed by atoms with Crippen molar-refractivity contribution in [3.05, 3.63) is 0 Å². The summed E-state index contributed by atoms with van der Waals surface area (Å²) < 4.78 is 5.19. The molecular formula is C15H26N2O4. The topological polar surface area (TPSA) is 78.9 Å². The molecule has 0 bridgehead atoms. The van der Waals surface area contributed by atoms with E-state index in [1.54, 1.807) is 7.11 Å². The van der Waals surface area contributed by atoms with Crippen LogP contribution in [0.3, 0.4) is 0 Å². The number of carbonyl (C=O) groups excluding carboxylic acids is 1. The second kappa shape index (κ2) is 7.64. The van der Waals surface area contributed by atoms with Crippen LogP contribution in [0, 0.1) is 5.92 Å². The Hall–Kier alpha value is -1.30. The summed E-state index contributed by atoms with van der Waals surface area (Å²) in [5.41, 5.74) is 0. The largest absolute Gasteiger partial charge is 0.480 e. The molecule has 21 heavy (non-hydrogen) atoms. The zero-order chi connectivity index (χ0) is 15.2. The molecule has 2 unspecified atom stereocenters. The molecule has 0 radical (unpaired) electrons. The molecule has 0 aromatic carbocycles. The van der Waals surface area contributed by atoms with Crippen LogP contribution in [-0.4, -0.2) is 54.4 Å². The van der Waals surface area contributed by atoms with Gasteiger partial charge in [0.25, 0.3) is 0 Å². The zero-order valence-electron chi connectivity index (χ0n) is 12.7. The number of nitrogens with one attached hydrogen (secondary N) is 1. The fourth-order valence-electron chi connectivity index (χ4n) is 3.39. The lowest BCUT2D eigenvalue weighted by atomic mass is 9.87. The van der Waals surface area contributed by atoms with Gasteiger partial charge in [-0.15, -0.1) is 0 Å². The predicted octanol–water partition coefficient (Wildman–Crippen LogP) is 1.84. The van der Waals surface area contributed by atoms with E-state index in [-0.39, 0.29) is 12.1 Å². The number of methoxy groups -OCH3 is 1. The molecule has 2 fully saturated rings. The van der Waals surface area contributed by atoms with E-state index < -0.39 is 12.0 Å². The van der Waals surface area contributed by atoms with Crippen molar-refractivity contribution < 1.29 is 19.4 Å². The number of rotatable bonds is 5. The average molecular weight is 298 g/mol. The molecule has 0 aromatic rings. The second-order valence-corrected chi connectivity index (χ2v) is 6.12. The maximum atomic E-state index is 12.2.